The van der Waals surface area contributed by atoms with Gasteiger partial charge in [0, 0.05) is 41.3 Å². The summed E-state index contributed by atoms with van der Waals surface area (Å²) in [5.74, 6) is -0.199. The summed E-state index contributed by atoms with van der Waals surface area (Å²) in [6.07, 6.45) is 5.87. The molecule has 3 rings (SSSR count). The summed E-state index contributed by atoms with van der Waals surface area (Å²) in [7, 11) is 0. The average Bonchev–Trinajstić information content (AvgIpc) is 3.30. The first-order chi connectivity index (χ1) is 11.9. The Balaban J connectivity index is 1.66. The second-order valence-electron chi connectivity index (χ2n) is 6.92. The average molecular weight is 339 g/mol. The quantitative estimate of drug-likeness (QED) is 0.822. The number of pyridine rings is 1. The molecule has 0 aromatic carbocycles. The molecule has 2 N–H and O–H groups in total. The molecule has 0 unspecified atom stereocenters. The third-order valence-corrected chi connectivity index (χ3v) is 4.78. The maximum absolute atomic E-state index is 12.1. The molecule has 1 aliphatic carbocycles. The highest BCUT2D eigenvalue weighted by atomic mass is 16.1. The van der Waals surface area contributed by atoms with Crippen LogP contribution in [-0.2, 0) is 11.3 Å². The normalized spacial score (nSPS) is 14.2. The number of hydrogen-bond donors (Lipinski definition) is 2. The lowest BCUT2D eigenvalue weighted by atomic mass is 10.1. The van der Waals surface area contributed by atoms with Crippen LogP contribution in [0.1, 0.15) is 52.7 Å². The van der Waals surface area contributed by atoms with Crippen molar-refractivity contribution in [3.8, 4) is 0 Å². The Kier molecular flexibility index (Phi) is 4.66. The van der Waals surface area contributed by atoms with Crippen molar-refractivity contribution < 1.29 is 4.79 Å². The van der Waals surface area contributed by atoms with Crippen molar-refractivity contribution in [3.05, 3.63) is 62.3 Å². The number of nitrogens with zero attached hydrogens (tertiary/aromatic N) is 1. The van der Waals surface area contributed by atoms with Gasteiger partial charge in [-0.15, -0.1) is 0 Å². The van der Waals surface area contributed by atoms with Crippen molar-refractivity contribution in [2.75, 3.05) is 0 Å². The second-order valence-corrected chi connectivity index (χ2v) is 6.92. The second kappa shape index (κ2) is 6.75. The fraction of sp³-hybridized carbons (Fsp3) is 0.400. The Morgan fingerprint density at radius 2 is 2.00 bits per heavy atom. The first kappa shape index (κ1) is 17.3. The van der Waals surface area contributed by atoms with Gasteiger partial charge in [0.05, 0.1) is 0 Å². The maximum atomic E-state index is 12.1. The maximum Gasteiger partial charge on any atom is 0.253 e. The van der Waals surface area contributed by atoms with Crippen LogP contribution < -0.4 is 10.9 Å². The van der Waals surface area contributed by atoms with Crippen LogP contribution in [0.3, 0.4) is 0 Å². The zero-order chi connectivity index (χ0) is 18.1. The van der Waals surface area contributed by atoms with Gasteiger partial charge in [-0.05, 0) is 69.9 Å². The summed E-state index contributed by atoms with van der Waals surface area (Å²) in [5, 5.41) is 2.79. The number of aryl methyl sites for hydroxylation is 3. The molecular weight excluding hydrogens is 314 g/mol. The molecule has 1 saturated carbocycles. The van der Waals surface area contributed by atoms with Crippen LogP contribution in [0.2, 0.25) is 0 Å². The molecule has 0 spiro atoms. The molecular formula is C20H25N3O2. The molecule has 1 amide bonds. The summed E-state index contributed by atoms with van der Waals surface area (Å²) in [6.45, 7) is 8.16. The fourth-order valence-corrected chi connectivity index (χ4v) is 3.37. The number of rotatable bonds is 5. The van der Waals surface area contributed by atoms with Crippen LogP contribution in [0.15, 0.2) is 23.0 Å². The molecule has 132 valence electrons. The first-order valence-corrected chi connectivity index (χ1v) is 8.70. The minimum Gasteiger partial charge on any atom is -0.348 e. The highest BCUT2D eigenvalue weighted by Crippen LogP contribution is 2.38. The lowest BCUT2D eigenvalue weighted by Crippen LogP contribution is -2.26. The lowest BCUT2D eigenvalue weighted by Gasteiger charge is -2.07. The Morgan fingerprint density at radius 3 is 2.64 bits per heavy atom. The number of nitrogens with one attached hydrogen (secondary N) is 2. The van der Waals surface area contributed by atoms with Gasteiger partial charge < -0.3 is 14.9 Å². The summed E-state index contributed by atoms with van der Waals surface area (Å²) in [5.41, 5.74) is 5.68. The molecule has 5 nitrogen and oxygen atoms in total. The Labute approximate surface area is 147 Å². The van der Waals surface area contributed by atoms with E-state index in [0.717, 1.165) is 16.8 Å². The number of amides is 1. The van der Waals surface area contributed by atoms with Crippen molar-refractivity contribution in [1.82, 2.24) is 14.9 Å². The third-order valence-electron chi connectivity index (χ3n) is 4.78. The van der Waals surface area contributed by atoms with Crippen molar-refractivity contribution in [3.63, 3.8) is 0 Å². The van der Waals surface area contributed by atoms with Gasteiger partial charge >= 0.3 is 0 Å². The third kappa shape index (κ3) is 3.76. The SMILES string of the molecule is Cc1cc(C)c(CNC(=O)/C=C/c2cc(C)n(C3CC3)c2C)c(=O)[nH]1. The van der Waals surface area contributed by atoms with Gasteiger partial charge in [0.1, 0.15) is 0 Å². The van der Waals surface area contributed by atoms with E-state index in [9.17, 15) is 9.59 Å². The standard InChI is InChI=1S/C20H25N3O2/c1-12-9-13(2)22-20(25)18(12)11-21-19(24)8-5-16-10-14(3)23(15(16)4)17-6-7-17/h5,8-10,17H,6-7,11H2,1-4H3,(H,21,24)(H,22,25)/b8-5+. The minimum absolute atomic E-state index is 0.144. The molecule has 0 bridgehead atoms. The molecule has 2 heterocycles. The van der Waals surface area contributed by atoms with E-state index < -0.39 is 0 Å². The highest BCUT2D eigenvalue weighted by Gasteiger charge is 2.26. The van der Waals surface area contributed by atoms with Gasteiger partial charge in [-0.25, -0.2) is 0 Å². The van der Waals surface area contributed by atoms with E-state index in [-0.39, 0.29) is 18.0 Å². The van der Waals surface area contributed by atoms with E-state index in [0.29, 0.717) is 11.6 Å². The smallest absolute Gasteiger partial charge is 0.253 e. The predicted molar refractivity (Wildman–Crippen MR) is 99.6 cm³/mol. The molecule has 2 aromatic rings. The zero-order valence-electron chi connectivity index (χ0n) is 15.3. The van der Waals surface area contributed by atoms with Crippen molar-refractivity contribution >= 4 is 12.0 Å². The van der Waals surface area contributed by atoms with Crippen molar-refractivity contribution in [2.45, 2.75) is 53.1 Å². The molecule has 2 aromatic heterocycles. The van der Waals surface area contributed by atoms with Crippen LogP contribution in [-0.4, -0.2) is 15.5 Å². The van der Waals surface area contributed by atoms with Crippen LogP contribution in [0, 0.1) is 27.7 Å². The largest absolute Gasteiger partial charge is 0.348 e. The molecule has 0 aliphatic heterocycles. The fourth-order valence-electron chi connectivity index (χ4n) is 3.37. The Morgan fingerprint density at radius 1 is 1.28 bits per heavy atom. The lowest BCUT2D eigenvalue weighted by molar-refractivity contribution is -0.116. The van der Waals surface area contributed by atoms with Gasteiger partial charge in [0.25, 0.3) is 5.56 Å². The number of H-pyrrole nitrogens is 1. The van der Waals surface area contributed by atoms with Crippen LogP contribution in [0.5, 0.6) is 0 Å². The van der Waals surface area contributed by atoms with E-state index >= 15 is 0 Å². The predicted octanol–water partition coefficient (Wildman–Crippen LogP) is 3.07. The van der Waals surface area contributed by atoms with E-state index in [1.165, 1.54) is 30.3 Å². The van der Waals surface area contributed by atoms with E-state index in [4.69, 9.17) is 0 Å². The zero-order valence-corrected chi connectivity index (χ0v) is 15.3. The van der Waals surface area contributed by atoms with E-state index in [2.05, 4.69) is 34.8 Å². The molecule has 25 heavy (non-hydrogen) atoms. The summed E-state index contributed by atoms with van der Waals surface area (Å²) in [4.78, 5) is 26.9. The van der Waals surface area contributed by atoms with E-state index in [1.807, 2.05) is 26.0 Å². The molecule has 1 fully saturated rings. The Hall–Kier alpha value is -2.56. The number of hydrogen-bond acceptors (Lipinski definition) is 2. The highest BCUT2D eigenvalue weighted by molar-refractivity contribution is 5.91. The molecule has 1 aliphatic rings. The summed E-state index contributed by atoms with van der Waals surface area (Å²) < 4.78 is 2.35. The van der Waals surface area contributed by atoms with E-state index in [1.54, 1.807) is 0 Å². The summed E-state index contributed by atoms with van der Waals surface area (Å²) in [6, 6.07) is 4.66. The first-order valence-electron chi connectivity index (χ1n) is 8.70. The number of aromatic nitrogens is 2. The van der Waals surface area contributed by atoms with Gasteiger partial charge in [-0.3, -0.25) is 9.59 Å². The topological polar surface area (TPSA) is 66.9 Å². The molecule has 0 radical (unpaired) electrons. The van der Waals surface area contributed by atoms with Gasteiger partial charge in [-0.2, -0.15) is 0 Å². The molecule has 5 heteroatoms. The minimum atomic E-state index is -0.199. The summed E-state index contributed by atoms with van der Waals surface area (Å²) >= 11 is 0. The molecule has 0 saturated heterocycles. The number of carbonyl (C=O) groups excluding carboxylic acids is 1. The van der Waals surface area contributed by atoms with Crippen molar-refractivity contribution in [1.29, 1.82) is 0 Å². The molecule has 0 atom stereocenters. The van der Waals surface area contributed by atoms with Gasteiger partial charge in [0.15, 0.2) is 0 Å². The van der Waals surface area contributed by atoms with Crippen LogP contribution in [0.25, 0.3) is 6.08 Å². The monoisotopic (exact) mass is 339 g/mol. The number of aromatic amines is 1. The van der Waals surface area contributed by atoms with Crippen LogP contribution >= 0.6 is 0 Å². The van der Waals surface area contributed by atoms with Crippen LogP contribution in [0.4, 0.5) is 0 Å². The van der Waals surface area contributed by atoms with Gasteiger partial charge in [0.2, 0.25) is 5.91 Å². The van der Waals surface area contributed by atoms with Crippen molar-refractivity contribution in [2.24, 2.45) is 0 Å². The number of carbonyl (C=O) groups is 1. The Bertz CT molecular complexity index is 898. The van der Waals surface area contributed by atoms with Gasteiger partial charge in [-0.1, -0.05) is 0 Å².